The lowest BCUT2D eigenvalue weighted by Gasteiger charge is -2.16. The molecule has 8 heteroatoms. The Morgan fingerprint density at radius 1 is 1.60 bits per heavy atom. The van der Waals surface area contributed by atoms with Crippen LogP contribution in [-0.4, -0.2) is 20.5 Å². The van der Waals surface area contributed by atoms with Gasteiger partial charge in [-0.05, 0) is 6.92 Å². The summed E-state index contributed by atoms with van der Waals surface area (Å²) in [6, 6.07) is 1.89. The number of benzene rings is 1. The second kappa shape index (κ2) is 5.87. The van der Waals surface area contributed by atoms with Crippen molar-refractivity contribution in [1.82, 2.24) is 9.55 Å². The van der Waals surface area contributed by atoms with E-state index in [1.807, 2.05) is 11.5 Å². The van der Waals surface area contributed by atoms with Gasteiger partial charge < -0.3 is 9.88 Å². The van der Waals surface area contributed by atoms with Crippen LogP contribution in [0.4, 0.5) is 15.8 Å². The lowest BCUT2D eigenvalue weighted by Crippen LogP contribution is -2.22. The quantitative estimate of drug-likeness (QED) is 0.680. The highest BCUT2D eigenvalue weighted by atomic mass is 35.5. The van der Waals surface area contributed by atoms with Gasteiger partial charge in [0.25, 0.3) is 5.69 Å². The zero-order valence-electron chi connectivity index (χ0n) is 10.6. The summed E-state index contributed by atoms with van der Waals surface area (Å²) in [6.45, 7) is 2.37. The zero-order valence-corrected chi connectivity index (χ0v) is 11.3. The van der Waals surface area contributed by atoms with Gasteiger partial charge in [-0.25, -0.2) is 9.37 Å². The Hall–Kier alpha value is -2.15. The minimum absolute atomic E-state index is 0.101. The van der Waals surface area contributed by atoms with Crippen molar-refractivity contribution in [2.45, 2.75) is 19.5 Å². The SMILES string of the molecule is CC(Cn1ccnc1)Nc1cc(F)c(Cl)cc1[N+](=O)[O-]. The first-order valence-electron chi connectivity index (χ1n) is 5.83. The monoisotopic (exact) mass is 298 g/mol. The van der Waals surface area contributed by atoms with E-state index in [1.54, 1.807) is 18.7 Å². The van der Waals surface area contributed by atoms with Crippen LogP contribution in [0.25, 0.3) is 0 Å². The van der Waals surface area contributed by atoms with Crippen molar-refractivity contribution in [1.29, 1.82) is 0 Å². The molecule has 0 aliphatic carbocycles. The molecule has 0 amide bonds. The predicted octanol–water partition coefficient (Wildman–Crippen LogP) is 3.08. The molecule has 20 heavy (non-hydrogen) atoms. The summed E-state index contributed by atoms with van der Waals surface area (Å²) in [5.74, 6) is -0.699. The number of nitro benzene ring substituents is 1. The molecule has 1 atom stereocenters. The van der Waals surface area contributed by atoms with Crippen molar-refractivity contribution in [3.05, 3.63) is 51.8 Å². The van der Waals surface area contributed by atoms with Crippen molar-refractivity contribution >= 4 is 23.0 Å². The van der Waals surface area contributed by atoms with Gasteiger partial charge in [0.2, 0.25) is 0 Å². The van der Waals surface area contributed by atoms with Crippen molar-refractivity contribution in [3.63, 3.8) is 0 Å². The van der Waals surface area contributed by atoms with E-state index in [1.165, 1.54) is 0 Å². The number of imidazole rings is 1. The molecule has 1 unspecified atom stereocenters. The third-order valence-electron chi connectivity index (χ3n) is 2.68. The molecule has 0 aliphatic rings. The molecule has 2 aromatic rings. The highest BCUT2D eigenvalue weighted by molar-refractivity contribution is 6.31. The van der Waals surface area contributed by atoms with Gasteiger partial charge >= 0.3 is 0 Å². The smallest absolute Gasteiger partial charge is 0.294 e. The molecular formula is C12H12ClFN4O2. The van der Waals surface area contributed by atoms with Crippen LogP contribution in [-0.2, 0) is 6.54 Å². The van der Waals surface area contributed by atoms with Crippen molar-refractivity contribution in [2.24, 2.45) is 0 Å². The number of rotatable bonds is 5. The molecule has 1 aromatic heterocycles. The van der Waals surface area contributed by atoms with Crippen molar-refractivity contribution < 1.29 is 9.31 Å². The van der Waals surface area contributed by atoms with Gasteiger partial charge in [-0.15, -0.1) is 0 Å². The summed E-state index contributed by atoms with van der Waals surface area (Å²) in [5, 5.41) is 13.6. The average Bonchev–Trinajstić information content (AvgIpc) is 2.85. The molecule has 0 fully saturated rings. The van der Waals surface area contributed by atoms with Crippen LogP contribution in [0.2, 0.25) is 5.02 Å². The molecule has 0 saturated heterocycles. The molecule has 6 nitrogen and oxygen atoms in total. The molecule has 0 radical (unpaired) electrons. The van der Waals surface area contributed by atoms with Gasteiger partial charge in [-0.1, -0.05) is 11.6 Å². The number of nitrogens with zero attached hydrogens (tertiary/aromatic N) is 3. The summed E-state index contributed by atoms with van der Waals surface area (Å²) in [6.07, 6.45) is 5.04. The summed E-state index contributed by atoms with van der Waals surface area (Å²) in [5.41, 5.74) is -0.154. The Balaban J connectivity index is 2.19. The van der Waals surface area contributed by atoms with Crippen LogP contribution in [0.1, 0.15) is 6.92 Å². The number of halogens is 2. The van der Waals surface area contributed by atoms with E-state index < -0.39 is 10.7 Å². The molecule has 0 aliphatic heterocycles. The summed E-state index contributed by atoms with van der Waals surface area (Å²) in [4.78, 5) is 14.3. The molecule has 106 valence electrons. The topological polar surface area (TPSA) is 73.0 Å². The summed E-state index contributed by atoms with van der Waals surface area (Å²) in [7, 11) is 0. The van der Waals surface area contributed by atoms with Gasteiger partial charge in [-0.2, -0.15) is 0 Å². The maximum absolute atomic E-state index is 13.4. The normalized spacial score (nSPS) is 12.2. The Morgan fingerprint density at radius 3 is 2.95 bits per heavy atom. The highest BCUT2D eigenvalue weighted by Crippen LogP contribution is 2.30. The molecule has 1 heterocycles. The largest absolute Gasteiger partial charge is 0.375 e. The average molecular weight is 299 g/mol. The van der Waals surface area contributed by atoms with Gasteiger partial charge in [0, 0.05) is 37.1 Å². The van der Waals surface area contributed by atoms with Crippen LogP contribution in [0.15, 0.2) is 30.9 Å². The number of nitrogens with one attached hydrogen (secondary N) is 1. The molecule has 2 rings (SSSR count). The third-order valence-corrected chi connectivity index (χ3v) is 2.97. The van der Waals surface area contributed by atoms with Crippen molar-refractivity contribution in [3.8, 4) is 0 Å². The Morgan fingerprint density at radius 2 is 2.35 bits per heavy atom. The van der Waals surface area contributed by atoms with E-state index >= 15 is 0 Å². The lowest BCUT2D eigenvalue weighted by atomic mass is 10.2. The van der Waals surface area contributed by atoms with Crippen LogP contribution in [0, 0.1) is 15.9 Å². The van der Waals surface area contributed by atoms with Crippen molar-refractivity contribution in [2.75, 3.05) is 5.32 Å². The maximum atomic E-state index is 13.4. The Labute approximate surface area is 119 Å². The van der Waals surface area contributed by atoms with Gasteiger partial charge in [-0.3, -0.25) is 10.1 Å². The minimum Gasteiger partial charge on any atom is -0.375 e. The maximum Gasteiger partial charge on any atom is 0.294 e. The predicted molar refractivity (Wildman–Crippen MR) is 73.4 cm³/mol. The van der Waals surface area contributed by atoms with E-state index in [0.717, 1.165) is 12.1 Å². The van der Waals surface area contributed by atoms with E-state index in [4.69, 9.17) is 11.6 Å². The molecule has 0 bridgehead atoms. The fourth-order valence-corrected chi connectivity index (χ4v) is 1.98. The number of anilines is 1. The molecular weight excluding hydrogens is 287 g/mol. The second-order valence-corrected chi connectivity index (χ2v) is 4.75. The third kappa shape index (κ3) is 3.24. The number of hydrogen-bond donors (Lipinski definition) is 1. The lowest BCUT2D eigenvalue weighted by molar-refractivity contribution is -0.384. The van der Waals surface area contributed by atoms with Gasteiger partial charge in [0.15, 0.2) is 0 Å². The summed E-state index contributed by atoms with van der Waals surface area (Å²) < 4.78 is 15.3. The molecule has 0 saturated carbocycles. The van der Waals surface area contributed by atoms with Crippen LogP contribution in [0.5, 0.6) is 0 Å². The first-order chi connectivity index (χ1) is 9.47. The van der Waals surface area contributed by atoms with Gasteiger partial charge in [0.1, 0.15) is 11.5 Å². The number of nitro groups is 1. The van der Waals surface area contributed by atoms with E-state index in [2.05, 4.69) is 10.3 Å². The standard InChI is InChI=1S/C12H12ClFN4O2/c1-8(6-17-3-2-15-7-17)16-11-5-10(14)9(13)4-12(11)18(19)20/h2-5,7-8,16H,6H2,1H3. The Bertz CT molecular complexity index is 618. The van der Waals surface area contributed by atoms with Gasteiger partial charge in [0.05, 0.1) is 16.3 Å². The second-order valence-electron chi connectivity index (χ2n) is 4.35. The zero-order chi connectivity index (χ0) is 14.7. The van der Waals surface area contributed by atoms with Crippen LogP contribution >= 0.6 is 11.6 Å². The summed E-state index contributed by atoms with van der Waals surface area (Å²) >= 11 is 5.56. The molecule has 1 aromatic carbocycles. The first-order valence-corrected chi connectivity index (χ1v) is 6.21. The van der Waals surface area contributed by atoms with Crippen LogP contribution < -0.4 is 5.32 Å². The fraction of sp³-hybridized carbons (Fsp3) is 0.250. The van der Waals surface area contributed by atoms with E-state index in [-0.39, 0.29) is 22.4 Å². The molecule has 0 spiro atoms. The minimum atomic E-state index is -0.699. The van der Waals surface area contributed by atoms with E-state index in [9.17, 15) is 14.5 Å². The highest BCUT2D eigenvalue weighted by Gasteiger charge is 2.19. The first kappa shape index (κ1) is 14.3. The van der Waals surface area contributed by atoms with Crippen LogP contribution in [0.3, 0.4) is 0 Å². The Kier molecular flexibility index (Phi) is 4.19. The number of hydrogen-bond acceptors (Lipinski definition) is 4. The fourth-order valence-electron chi connectivity index (χ4n) is 1.83. The molecule has 1 N–H and O–H groups in total. The number of aromatic nitrogens is 2. The van der Waals surface area contributed by atoms with E-state index in [0.29, 0.717) is 6.54 Å².